The molecule has 0 aliphatic carbocycles. The van der Waals surface area contributed by atoms with Gasteiger partial charge in [0.25, 0.3) is 0 Å². The highest BCUT2D eigenvalue weighted by Gasteiger charge is 2.25. The molecule has 0 saturated carbocycles. The van der Waals surface area contributed by atoms with E-state index in [-0.39, 0.29) is 6.29 Å². The summed E-state index contributed by atoms with van der Waals surface area (Å²) in [5, 5.41) is 8.64. The first-order chi connectivity index (χ1) is 6.61. The normalized spacial score (nSPS) is 26.9. The van der Waals surface area contributed by atoms with Crippen LogP contribution >= 0.6 is 0 Å². The largest absolute Gasteiger partial charge is 0.480 e. The second kappa shape index (κ2) is 5.29. The molecule has 1 unspecified atom stereocenters. The number of carbonyl (C=O) groups is 1. The summed E-state index contributed by atoms with van der Waals surface area (Å²) in [6, 6.07) is -0.986. The standard InChI is InChI=1S/C9H17NO4/c1-6(8(10)9(11)12)14-7-4-2-3-5-13-7/h6-8H,2-5,10H2,1H3,(H,11,12)/t6-,7?,8+/m1/s1. The van der Waals surface area contributed by atoms with Crippen LogP contribution in [0.2, 0.25) is 0 Å². The molecule has 1 aliphatic heterocycles. The maximum absolute atomic E-state index is 10.5. The van der Waals surface area contributed by atoms with Crippen LogP contribution < -0.4 is 5.73 Å². The summed E-state index contributed by atoms with van der Waals surface area (Å²) in [6.45, 7) is 2.33. The Morgan fingerprint density at radius 3 is 2.86 bits per heavy atom. The van der Waals surface area contributed by atoms with Crippen molar-refractivity contribution in [1.82, 2.24) is 0 Å². The van der Waals surface area contributed by atoms with Gasteiger partial charge in [-0.25, -0.2) is 0 Å². The molecule has 0 amide bonds. The average molecular weight is 203 g/mol. The van der Waals surface area contributed by atoms with Gasteiger partial charge in [-0.1, -0.05) is 0 Å². The monoisotopic (exact) mass is 203 g/mol. The smallest absolute Gasteiger partial charge is 0.323 e. The average Bonchev–Trinajstić information content (AvgIpc) is 2.18. The highest BCUT2D eigenvalue weighted by molar-refractivity contribution is 5.73. The van der Waals surface area contributed by atoms with Gasteiger partial charge < -0.3 is 20.3 Å². The van der Waals surface area contributed by atoms with Crippen LogP contribution in [0.3, 0.4) is 0 Å². The molecular formula is C9H17NO4. The molecule has 5 heteroatoms. The molecule has 0 spiro atoms. The SMILES string of the molecule is C[C@@H](OC1CCCCO1)[C@H](N)C(=O)O. The topological polar surface area (TPSA) is 81.8 Å². The van der Waals surface area contributed by atoms with Crippen molar-refractivity contribution in [3.05, 3.63) is 0 Å². The van der Waals surface area contributed by atoms with Crippen LogP contribution in [0, 0.1) is 0 Å². The highest BCUT2D eigenvalue weighted by atomic mass is 16.7. The summed E-state index contributed by atoms with van der Waals surface area (Å²) >= 11 is 0. The van der Waals surface area contributed by atoms with Crippen LogP contribution in [0.25, 0.3) is 0 Å². The van der Waals surface area contributed by atoms with Gasteiger partial charge in [0.15, 0.2) is 6.29 Å². The molecule has 1 aliphatic rings. The zero-order valence-electron chi connectivity index (χ0n) is 8.31. The lowest BCUT2D eigenvalue weighted by atomic mass is 10.2. The molecule has 3 N–H and O–H groups in total. The van der Waals surface area contributed by atoms with Gasteiger partial charge in [-0.3, -0.25) is 4.79 Å². The Morgan fingerprint density at radius 2 is 2.36 bits per heavy atom. The molecule has 3 atom stereocenters. The van der Waals surface area contributed by atoms with Crippen molar-refractivity contribution in [3.63, 3.8) is 0 Å². The summed E-state index contributed by atoms with van der Waals surface area (Å²) in [5.41, 5.74) is 5.40. The molecular weight excluding hydrogens is 186 g/mol. The van der Waals surface area contributed by atoms with Gasteiger partial charge in [0.1, 0.15) is 6.04 Å². The molecule has 5 nitrogen and oxygen atoms in total. The van der Waals surface area contributed by atoms with Gasteiger partial charge >= 0.3 is 5.97 Å². The van der Waals surface area contributed by atoms with E-state index in [0.717, 1.165) is 19.3 Å². The van der Waals surface area contributed by atoms with E-state index in [4.69, 9.17) is 20.3 Å². The molecule has 14 heavy (non-hydrogen) atoms. The first-order valence-corrected chi connectivity index (χ1v) is 4.86. The molecule has 0 aromatic rings. The fourth-order valence-corrected chi connectivity index (χ4v) is 1.34. The van der Waals surface area contributed by atoms with E-state index in [2.05, 4.69) is 0 Å². The predicted molar refractivity (Wildman–Crippen MR) is 49.7 cm³/mol. The Labute approximate surface area is 83.2 Å². The van der Waals surface area contributed by atoms with Gasteiger partial charge in [-0.2, -0.15) is 0 Å². The zero-order chi connectivity index (χ0) is 10.6. The summed E-state index contributed by atoms with van der Waals surface area (Å²) in [5.74, 6) is -1.05. The minimum atomic E-state index is -1.05. The van der Waals surface area contributed by atoms with Crippen LogP contribution in [0.5, 0.6) is 0 Å². The molecule has 1 rings (SSSR count). The van der Waals surface area contributed by atoms with Crippen LogP contribution in [0.4, 0.5) is 0 Å². The van der Waals surface area contributed by atoms with Gasteiger partial charge in [0.05, 0.1) is 6.10 Å². The maximum atomic E-state index is 10.5. The molecule has 0 aromatic heterocycles. The van der Waals surface area contributed by atoms with E-state index in [9.17, 15) is 4.79 Å². The third-order valence-corrected chi connectivity index (χ3v) is 2.30. The van der Waals surface area contributed by atoms with E-state index in [1.165, 1.54) is 0 Å². The number of nitrogens with two attached hydrogens (primary N) is 1. The fourth-order valence-electron chi connectivity index (χ4n) is 1.34. The van der Waals surface area contributed by atoms with Crippen LogP contribution in [0.1, 0.15) is 26.2 Å². The lowest BCUT2D eigenvalue weighted by Crippen LogP contribution is -2.44. The fraction of sp³-hybridized carbons (Fsp3) is 0.889. The number of carboxylic acid groups (broad SMARTS) is 1. The first kappa shape index (κ1) is 11.4. The lowest BCUT2D eigenvalue weighted by Gasteiger charge is -2.27. The van der Waals surface area contributed by atoms with Gasteiger partial charge in [-0.15, -0.1) is 0 Å². The quantitative estimate of drug-likeness (QED) is 0.688. The maximum Gasteiger partial charge on any atom is 0.323 e. The van der Waals surface area contributed by atoms with Crippen molar-refractivity contribution in [2.45, 2.75) is 44.6 Å². The number of rotatable bonds is 4. The van der Waals surface area contributed by atoms with E-state index in [0.29, 0.717) is 6.61 Å². The van der Waals surface area contributed by atoms with E-state index >= 15 is 0 Å². The Hall–Kier alpha value is -0.650. The minimum absolute atomic E-state index is 0.288. The summed E-state index contributed by atoms with van der Waals surface area (Å²) in [6.07, 6.45) is 2.11. The van der Waals surface area contributed by atoms with Crippen molar-refractivity contribution in [2.24, 2.45) is 5.73 Å². The number of ether oxygens (including phenoxy) is 2. The Bertz CT molecular complexity index is 191. The third kappa shape index (κ3) is 3.25. The second-order valence-electron chi connectivity index (χ2n) is 3.50. The van der Waals surface area contributed by atoms with Crippen LogP contribution in [-0.2, 0) is 14.3 Å². The summed E-state index contributed by atoms with van der Waals surface area (Å²) in [4.78, 5) is 10.5. The lowest BCUT2D eigenvalue weighted by molar-refractivity contribution is -0.191. The minimum Gasteiger partial charge on any atom is -0.480 e. The van der Waals surface area contributed by atoms with Gasteiger partial charge in [0.2, 0.25) is 0 Å². The van der Waals surface area contributed by atoms with Gasteiger partial charge in [0, 0.05) is 6.61 Å². The number of aliphatic carboxylic acids is 1. The Balaban J connectivity index is 2.31. The van der Waals surface area contributed by atoms with Crippen LogP contribution in [-0.4, -0.2) is 36.1 Å². The van der Waals surface area contributed by atoms with Crippen molar-refractivity contribution in [1.29, 1.82) is 0 Å². The highest BCUT2D eigenvalue weighted by Crippen LogP contribution is 2.16. The molecule has 1 heterocycles. The first-order valence-electron chi connectivity index (χ1n) is 4.86. The molecule has 1 fully saturated rings. The molecule has 0 radical (unpaired) electrons. The predicted octanol–water partition coefficient (Wildman–Crippen LogP) is 0.330. The van der Waals surface area contributed by atoms with E-state index in [1.807, 2.05) is 0 Å². The number of carboxylic acids is 1. The Morgan fingerprint density at radius 1 is 1.64 bits per heavy atom. The van der Waals surface area contributed by atoms with Crippen molar-refractivity contribution in [3.8, 4) is 0 Å². The third-order valence-electron chi connectivity index (χ3n) is 2.30. The molecule has 82 valence electrons. The molecule has 0 aromatic carbocycles. The van der Waals surface area contributed by atoms with Gasteiger partial charge in [-0.05, 0) is 26.2 Å². The summed E-state index contributed by atoms with van der Waals surface area (Å²) in [7, 11) is 0. The number of hydrogen-bond donors (Lipinski definition) is 2. The van der Waals surface area contributed by atoms with E-state index < -0.39 is 18.1 Å². The Kier molecular flexibility index (Phi) is 4.31. The molecule has 1 saturated heterocycles. The molecule has 0 bridgehead atoms. The zero-order valence-corrected chi connectivity index (χ0v) is 8.31. The number of hydrogen-bond acceptors (Lipinski definition) is 4. The second-order valence-corrected chi connectivity index (χ2v) is 3.50. The van der Waals surface area contributed by atoms with Crippen LogP contribution in [0.15, 0.2) is 0 Å². The van der Waals surface area contributed by atoms with Crippen molar-refractivity contribution >= 4 is 5.97 Å². The van der Waals surface area contributed by atoms with Crippen molar-refractivity contribution < 1.29 is 19.4 Å². The summed E-state index contributed by atoms with van der Waals surface area (Å²) < 4.78 is 10.7. The van der Waals surface area contributed by atoms with Crippen molar-refractivity contribution in [2.75, 3.05) is 6.61 Å². The van der Waals surface area contributed by atoms with E-state index in [1.54, 1.807) is 6.92 Å².